The molecule has 0 unspecified atom stereocenters. The van der Waals surface area contributed by atoms with Gasteiger partial charge in [0.1, 0.15) is 4.34 Å². The van der Waals surface area contributed by atoms with Crippen molar-refractivity contribution in [2.45, 2.75) is 0 Å². The minimum absolute atomic E-state index is 0. The molecule has 0 fully saturated rings. The summed E-state index contributed by atoms with van der Waals surface area (Å²) in [5, 5.41) is -0.0362. The summed E-state index contributed by atoms with van der Waals surface area (Å²) in [6, 6.07) is 0.842. The summed E-state index contributed by atoms with van der Waals surface area (Å²) in [6.45, 7) is -4.95. The predicted octanol–water partition coefficient (Wildman–Crippen LogP) is 0.113. The van der Waals surface area contributed by atoms with Crippen molar-refractivity contribution in [2.75, 3.05) is 0 Å². The molecule has 0 N–H and O–H groups in total. The van der Waals surface area contributed by atoms with Gasteiger partial charge < -0.3 is 12.9 Å². The van der Waals surface area contributed by atoms with Gasteiger partial charge in [-0.05, 0) is 0 Å². The standard InChI is InChI=1S/C4HBCl2F3S.K/c6-2-1-3(5(8,9)10)11-4(2)7;/h1H;/q-1;+1. The zero-order valence-electron chi connectivity index (χ0n) is 5.95. The van der Waals surface area contributed by atoms with E-state index in [1.807, 2.05) is 0 Å². The van der Waals surface area contributed by atoms with Crippen molar-refractivity contribution in [2.24, 2.45) is 0 Å². The number of hydrogen-bond donors (Lipinski definition) is 0. The smallest absolute Gasteiger partial charge is 0.444 e. The quantitative estimate of drug-likeness (QED) is 0.628. The molecule has 0 bridgehead atoms. The Kier molecular flexibility index (Phi) is 5.76. The van der Waals surface area contributed by atoms with E-state index < -0.39 is 11.8 Å². The van der Waals surface area contributed by atoms with Gasteiger partial charge in [0, 0.05) is 0 Å². The molecule has 12 heavy (non-hydrogen) atoms. The Hall–Kier alpha value is 1.77. The average Bonchev–Trinajstić information content (AvgIpc) is 2.11. The van der Waals surface area contributed by atoms with E-state index in [9.17, 15) is 12.9 Å². The molecule has 0 aromatic carbocycles. The first-order valence-corrected chi connectivity index (χ1v) is 4.13. The fourth-order valence-electron chi connectivity index (χ4n) is 0.525. The van der Waals surface area contributed by atoms with Gasteiger partial charge >= 0.3 is 58.4 Å². The number of thiophene rings is 1. The van der Waals surface area contributed by atoms with Crippen LogP contribution in [0.3, 0.4) is 0 Å². The third kappa shape index (κ3) is 3.49. The molecule has 1 aromatic heterocycles. The summed E-state index contributed by atoms with van der Waals surface area (Å²) >= 11 is 11.1. The van der Waals surface area contributed by atoms with Crippen molar-refractivity contribution in [1.29, 1.82) is 0 Å². The molecule has 0 nitrogen and oxygen atoms in total. The van der Waals surface area contributed by atoms with Crippen LogP contribution in [0.2, 0.25) is 9.36 Å². The van der Waals surface area contributed by atoms with Crippen molar-refractivity contribution in [3.05, 3.63) is 15.4 Å². The first-order valence-electron chi connectivity index (χ1n) is 2.56. The molecule has 0 spiro atoms. The molecule has 8 heteroatoms. The Balaban J connectivity index is 0.00000121. The summed E-state index contributed by atoms with van der Waals surface area (Å²) in [7, 11) is 0. The normalized spacial score (nSPS) is 11.1. The maximum atomic E-state index is 11.9. The van der Waals surface area contributed by atoms with Crippen LogP contribution in [0.25, 0.3) is 0 Å². The molecule has 1 aromatic rings. The van der Waals surface area contributed by atoms with E-state index in [1.54, 1.807) is 0 Å². The van der Waals surface area contributed by atoms with Crippen LogP contribution >= 0.6 is 34.5 Å². The van der Waals surface area contributed by atoms with Crippen LogP contribution in [0.4, 0.5) is 12.9 Å². The monoisotopic (exact) mass is 258 g/mol. The molecule has 1 rings (SSSR count). The molecule has 0 amide bonds. The van der Waals surface area contributed by atoms with Crippen LogP contribution in [0.15, 0.2) is 6.07 Å². The second-order valence-corrected chi connectivity index (χ2v) is 3.94. The van der Waals surface area contributed by atoms with Crippen LogP contribution in [-0.2, 0) is 0 Å². The molecule has 0 aliphatic rings. The van der Waals surface area contributed by atoms with Gasteiger partial charge in [0.2, 0.25) is 0 Å². The summed E-state index contributed by atoms with van der Waals surface area (Å²) in [4.78, 5) is 0. The summed E-state index contributed by atoms with van der Waals surface area (Å²) < 4.78 is 35.1. The van der Waals surface area contributed by atoms with E-state index in [4.69, 9.17) is 23.2 Å². The Bertz CT molecular complexity index is 254. The van der Waals surface area contributed by atoms with Crippen LogP contribution in [0.1, 0.15) is 0 Å². The van der Waals surface area contributed by atoms with E-state index in [1.165, 1.54) is 0 Å². The van der Waals surface area contributed by atoms with Gasteiger partial charge in [0.05, 0.1) is 5.02 Å². The van der Waals surface area contributed by atoms with Crippen molar-refractivity contribution in [3.8, 4) is 0 Å². The van der Waals surface area contributed by atoms with Crippen LogP contribution in [0.5, 0.6) is 0 Å². The average molecular weight is 259 g/mol. The maximum Gasteiger partial charge on any atom is 1.00 e. The van der Waals surface area contributed by atoms with Crippen molar-refractivity contribution >= 4 is 46.3 Å². The molecule has 0 radical (unpaired) electrons. The number of halogens is 5. The molecule has 0 saturated heterocycles. The van der Waals surface area contributed by atoms with E-state index in [0.29, 0.717) is 11.3 Å². The molecule has 0 aliphatic carbocycles. The van der Waals surface area contributed by atoms with Gasteiger partial charge in [0.15, 0.2) is 0 Å². The zero-order valence-corrected chi connectivity index (χ0v) is 11.4. The fraction of sp³-hybridized carbons (Fsp3) is 0. The second-order valence-electron chi connectivity index (χ2n) is 1.85. The summed E-state index contributed by atoms with van der Waals surface area (Å²) in [5.41, 5.74) is 0. The van der Waals surface area contributed by atoms with Gasteiger partial charge in [-0.15, -0.1) is 0 Å². The zero-order chi connectivity index (χ0) is 8.65. The Labute approximate surface area is 124 Å². The van der Waals surface area contributed by atoms with Crippen LogP contribution < -0.4 is 56.2 Å². The van der Waals surface area contributed by atoms with Gasteiger partial charge in [0.25, 0.3) is 0 Å². The first kappa shape index (κ1) is 13.8. The largest absolute Gasteiger partial charge is 1.00 e. The molecule has 0 atom stereocenters. The second kappa shape index (κ2) is 5.02. The van der Waals surface area contributed by atoms with Crippen LogP contribution in [0, 0.1) is 0 Å². The van der Waals surface area contributed by atoms with Gasteiger partial charge in [-0.2, -0.15) is 11.3 Å². The minimum Gasteiger partial charge on any atom is -0.444 e. The van der Waals surface area contributed by atoms with Crippen molar-refractivity contribution < 1.29 is 64.3 Å². The van der Waals surface area contributed by atoms with Crippen molar-refractivity contribution in [3.63, 3.8) is 0 Å². The summed E-state index contributed by atoms with van der Waals surface area (Å²) in [5.74, 6) is 0. The van der Waals surface area contributed by atoms with E-state index in [0.717, 1.165) is 6.07 Å². The minimum atomic E-state index is -4.95. The molecule has 62 valence electrons. The molecule has 0 saturated carbocycles. The third-order valence-corrected chi connectivity index (χ3v) is 2.95. The predicted molar refractivity (Wildman–Crippen MR) is 43.1 cm³/mol. The fourth-order valence-corrected chi connectivity index (χ4v) is 1.82. The number of hydrogen-bond acceptors (Lipinski definition) is 1. The topological polar surface area (TPSA) is 0 Å². The Morgan fingerprint density at radius 1 is 1.25 bits per heavy atom. The van der Waals surface area contributed by atoms with Gasteiger partial charge in [-0.1, -0.05) is 34.0 Å². The SMILES string of the molecule is F[B-](F)(F)c1cc(Cl)c(Cl)s1.[K+]. The molecular formula is C4HBCl2F3KS. The summed E-state index contributed by atoms with van der Waals surface area (Å²) in [6.07, 6.45) is 0. The van der Waals surface area contributed by atoms with Gasteiger partial charge in [-0.3, -0.25) is 0 Å². The van der Waals surface area contributed by atoms with E-state index in [2.05, 4.69) is 0 Å². The van der Waals surface area contributed by atoms with E-state index in [-0.39, 0.29) is 60.7 Å². The Morgan fingerprint density at radius 3 is 1.92 bits per heavy atom. The van der Waals surface area contributed by atoms with Gasteiger partial charge in [-0.25, -0.2) is 0 Å². The number of rotatable bonds is 1. The van der Waals surface area contributed by atoms with Crippen molar-refractivity contribution in [1.82, 2.24) is 0 Å². The molecule has 1 heterocycles. The third-order valence-electron chi connectivity index (χ3n) is 0.987. The maximum absolute atomic E-state index is 11.9. The Morgan fingerprint density at radius 2 is 1.75 bits per heavy atom. The first-order chi connectivity index (χ1) is 4.91. The molecule has 0 aliphatic heterocycles. The van der Waals surface area contributed by atoms with Crippen LogP contribution in [-0.4, -0.2) is 6.98 Å². The molecular weight excluding hydrogens is 258 g/mol. The van der Waals surface area contributed by atoms with E-state index >= 15 is 0 Å².